The van der Waals surface area contributed by atoms with E-state index in [1.54, 1.807) is 11.3 Å². The van der Waals surface area contributed by atoms with Gasteiger partial charge >= 0.3 is 0 Å². The first kappa shape index (κ1) is 17.3. The number of hydrogen-bond donors (Lipinski definition) is 0. The number of carbonyl (C=O) groups excluding carboxylic acids is 1. The van der Waals surface area contributed by atoms with Crippen molar-refractivity contribution in [3.05, 3.63) is 52.5 Å². The zero-order chi connectivity index (χ0) is 18.1. The Morgan fingerprint density at radius 1 is 1.31 bits per heavy atom. The second kappa shape index (κ2) is 7.23. The molecule has 0 saturated heterocycles. The first-order valence-corrected chi connectivity index (χ1v) is 10.3. The summed E-state index contributed by atoms with van der Waals surface area (Å²) in [6, 6.07) is 12.4. The van der Waals surface area contributed by atoms with Crippen LogP contribution in [0.25, 0.3) is 10.2 Å². The second-order valence-corrected chi connectivity index (χ2v) is 8.28. The molecule has 1 aliphatic carbocycles. The van der Waals surface area contributed by atoms with Gasteiger partial charge in [0.05, 0.1) is 17.1 Å². The Kier molecular flexibility index (Phi) is 4.81. The van der Waals surface area contributed by atoms with Gasteiger partial charge in [-0.2, -0.15) is 5.10 Å². The molecule has 1 amide bonds. The van der Waals surface area contributed by atoms with Crippen LogP contribution in [-0.2, 0) is 6.54 Å². The van der Waals surface area contributed by atoms with Crippen LogP contribution in [0.2, 0.25) is 0 Å². The number of carbonyl (C=O) groups is 1. The van der Waals surface area contributed by atoms with E-state index in [9.17, 15) is 4.79 Å². The van der Waals surface area contributed by atoms with E-state index in [4.69, 9.17) is 0 Å². The average Bonchev–Trinajstić information content (AvgIpc) is 3.27. The fourth-order valence-corrected chi connectivity index (χ4v) is 4.52. The summed E-state index contributed by atoms with van der Waals surface area (Å²) < 4.78 is 2.03. The van der Waals surface area contributed by atoms with Crippen molar-refractivity contribution in [2.24, 2.45) is 5.92 Å². The highest BCUT2D eigenvalue weighted by atomic mass is 32.1. The summed E-state index contributed by atoms with van der Waals surface area (Å²) in [5.41, 5.74) is 2.22. The Balaban J connectivity index is 1.62. The molecule has 136 valence electrons. The van der Waals surface area contributed by atoms with Crippen molar-refractivity contribution >= 4 is 27.5 Å². The molecule has 4 nitrogen and oxygen atoms in total. The van der Waals surface area contributed by atoms with E-state index in [0.29, 0.717) is 0 Å². The predicted molar refractivity (Wildman–Crippen MR) is 107 cm³/mol. The van der Waals surface area contributed by atoms with Crippen molar-refractivity contribution in [3.8, 4) is 0 Å². The molecule has 0 spiro atoms. The number of aryl methyl sites for hydroxylation is 1. The Labute approximate surface area is 158 Å². The zero-order valence-electron chi connectivity index (χ0n) is 15.4. The minimum Gasteiger partial charge on any atom is -0.338 e. The lowest BCUT2D eigenvalue weighted by molar-refractivity contribution is 0.0752. The van der Waals surface area contributed by atoms with E-state index in [-0.39, 0.29) is 5.91 Å². The molecular formula is C21H25N3OS. The smallest absolute Gasteiger partial charge is 0.264 e. The van der Waals surface area contributed by atoms with E-state index in [1.807, 2.05) is 40.8 Å². The van der Waals surface area contributed by atoms with E-state index in [0.717, 1.165) is 52.8 Å². The third kappa shape index (κ3) is 3.54. The van der Waals surface area contributed by atoms with Crippen LogP contribution in [0.3, 0.4) is 0 Å². The Morgan fingerprint density at radius 2 is 2.08 bits per heavy atom. The molecular weight excluding hydrogens is 342 g/mol. The Bertz CT molecular complexity index is 908. The van der Waals surface area contributed by atoms with Gasteiger partial charge in [-0.15, -0.1) is 11.3 Å². The van der Waals surface area contributed by atoms with Gasteiger partial charge in [0.1, 0.15) is 4.83 Å². The second-order valence-electron chi connectivity index (χ2n) is 7.25. The molecule has 1 aliphatic rings. The molecule has 0 radical (unpaired) electrons. The highest BCUT2D eigenvalue weighted by Crippen LogP contribution is 2.33. The van der Waals surface area contributed by atoms with E-state index in [1.165, 1.54) is 18.4 Å². The molecule has 26 heavy (non-hydrogen) atoms. The van der Waals surface area contributed by atoms with Gasteiger partial charge in [0.25, 0.3) is 5.91 Å². The molecule has 1 aromatic carbocycles. The molecule has 1 saturated carbocycles. The van der Waals surface area contributed by atoms with Crippen molar-refractivity contribution < 1.29 is 4.79 Å². The van der Waals surface area contributed by atoms with Crippen molar-refractivity contribution in [1.29, 1.82) is 0 Å². The van der Waals surface area contributed by atoms with E-state index >= 15 is 0 Å². The van der Waals surface area contributed by atoms with E-state index in [2.05, 4.69) is 24.2 Å². The lowest BCUT2D eigenvalue weighted by Crippen LogP contribution is -2.33. The van der Waals surface area contributed by atoms with E-state index < -0.39 is 0 Å². The van der Waals surface area contributed by atoms with Gasteiger partial charge < -0.3 is 4.90 Å². The van der Waals surface area contributed by atoms with Crippen LogP contribution < -0.4 is 0 Å². The van der Waals surface area contributed by atoms with Gasteiger partial charge in [-0.25, -0.2) is 0 Å². The van der Waals surface area contributed by atoms with Gasteiger partial charge in [0.2, 0.25) is 0 Å². The maximum atomic E-state index is 13.1. The van der Waals surface area contributed by atoms with Crippen LogP contribution in [0.5, 0.6) is 0 Å². The fourth-order valence-electron chi connectivity index (χ4n) is 3.40. The summed E-state index contributed by atoms with van der Waals surface area (Å²) in [6.45, 7) is 6.66. The van der Waals surface area contributed by atoms with Crippen molar-refractivity contribution in [2.75, 3.05) is 13.1 Å². The summed E-state index contributed by atoms with van der Waals surface area (Å²) in [6.07, 6.45) is 3.54. The molecule has 0 unspecified atom stereocenters. The van der Waals surface area contributed by atoms with Crippen LogP contribution in [-0.4, -0.2) is 33.7 Å². The van der Waals surface area contributed by atoms with Gasteiger partial charge in [0.15, 0.2) is 0 Å². The van der Waals surface area contributed by atoms with Crippen LogP contribution in [0.15, 0.2) is 36.4 Å². The van der Waals surface area contributed by atoms with Crippen LogP contribution in [0.4, 0.5) is 0 Å². The van der Waals surface area contributed by atoms with Crippen LogP contribution in [0, 0.1) is 12.8 Å². The lowest BCUT2D eigenvalue weighted by Gasteiger charge is -2.21. The molecule has 2 aromatic heterocycles. The molecule has 4 rings (SSSR count). The molecule has 0 bridgehead atoms. The topological polar surface area (TPSA) is 38.1 Å². The monoisotopic (exact) mass is 367 g/mol. The molecule has 0 aliphatic heterocycles. The first-order valence-electron chi connectivity index (χ1n) is 9.46. The van der Waals surface area contributed by atoms with Gasteiger partial charge in [-0.05, 0) is 43.7 Å². The number of amides is 1. The molecule has 1 fully saturated rings. The number of benzene rings is 1. The first-order chi connectivity index (χ1) is 12.7. The third-order valence-electron chi connectivity index (χ3n) is 4.95. The van der Waals surface area contributed by atoms with Crippen LogP contribution in [0.1, 0.15) is 47.1 Å². The maximum Gasteiger partial charge on any atom is 0.264 e. The summed E-state index contributed by atoms with van der Waals surface area (Å²) in [7, 11) is 0. The lowest BCUT2D eigenvalue weighted by atomic mass is 10.2. The third-order valence-corrected chi connectivity index (χ3v) is 6.09. The SMILES string of the molecule is CCCN(CC1CC1)C(=O)c1cc2c(C)nn(Cc3ccccc3)c2s1. The average molecular weight is 368 g/mol. The highest BCUT2D eigenvalue weighted by molar-refractivity contribution is 7.20. The zero-order valence-corrected chi connectivity index (χ0v) is 16.3. The fraction of sp³-hybridized carbons (Fsp3) is 0.429. The van der Waals surface area contributed by atoms with Gasteiger partial charge in [-0.1, -0.05) is 37.3 Å². The van der Waals surface area contributed by atoms with Crippen molar-refractivity contribution in [2.45, 2.75) is 39.7 Å². The van der Waals surface area contributed by atoms with Gasteiger partial charge in [0, 0.05) is 18.5 Å². The summed E-state index contributed by atoms with van der Waals surface area (Å²) in [4.78, 5) is 17.0. The highest BCUT2D eigenvalue weighted by Gasteiger charge is 2.28. The Morgan fingerprint density at radius 3 is 2.77 bits per heavy atom. The molecule has 5 heteroatoms. The number of thiophene rings is 1. The number of aromatic nitrogens is 2. The normalized spacial score (nSPS) is 14.1. The quantitative estimate of drug-likeness (QED) is 0.606. The van der Waals surface area contributed by atoms with Gasteiger partial charge in [-0.3, -0.25) is 9.48 Å². The minimum absolute atomic E-state index is 0.186. The summed E-state index contributed by atoms with van der Waals surface area (Å²) in [5, 5.41) is 5.80. The summed E-state index contributed by atoms with van der Waals surface area (Å²) in [5.74, 6) is 0.904. The predicted octanol–water partition coefficient (Wildman–Crippen LogP) is 4.72. The standard InChI is InChI=1S/C21H25N3OS/c1-3-11-23(13-17-9-10-17)20(25)19-12-18-15(2)22-24(21(18)26-19)14-16-7-5-4-6-8-16/h4-8,12,17H,3,9-11,13-14H2,1-2H3. The Hall–Kier alpha value is -2.14. The maximum absolute atomic E-state index is 13.1. The number of nitrogens with zero attached hydrogens (tertiary/aromatic N) is 3. The minimum atomic E-state index is 0.186. The van der Waals surface area contributed by atoms with Crippen LogP contribution >= 0.6 is 11.3 Å². The van der Waals surface area contributed by atoms with Crippen molar-refractivity contribution in [3.63, 3.8) is 0 Å². The molecule has 0 atom stereocenters. The van der Waals surface area contributed by atoms with Crippen molar-refractivity contribution in [1.82, 2.24) is 14.7 Å². The molecule has 2 heterocycles. The number of rotatable bonds is 7. The molecule has 3 aromatic rings. The number of fused-ring (bicyclic) bond motifs is 1. The summed E-state index contributed by atoms with van der Waals surface area (Å²) >= 11 is 1.58. The molecule has 0 N–H and O–H groups in total. The number of hydrogen-bond acceptors (Lipinski definition) is 3. The largest absolute Gasteiger partial charge is 0.338 e.